The average Bonchev–Trinajstić information content (AvgIpc) is 3.92. The normalized spacial score (nSPS) is 11.8. The Kier molecular flexibility index (Phi) is 17.5. The highest BCUT2D eigenvalue weighted by atomic mass is 79.9. The lowest BCUT2D eigenvalue weighted by Gasteiger charge is -2.16. The number of imidazole rings is 2. The number of rotatable bonds is 16. The molecule has 60 heavy (non-hydrogen) atoms. The largest absolute Gasteiger partial charge is 0.491 e. The van der Waals surface area contributed by atoms with Gasteiger partial charge < -0.3 is 38.4 Å². The number of carbonyl (C=O) groups is 2. The standard InChI is InChI=1S/2C20H24Br2N6O2/c2*1-13(29)27(2)7-5-14-9-15(21)18(16(22)10-14)30-8-4-6-23-19-17-20(25-11-24-17)28(3)12-26-19/h2*9-12H,4-8H2,1-3H3,(H,24,25). The molecule has 0 unspecified atom stereocenters. The van der Waals surface area contributed by atoms with Crippen molar-refractivity contribution in [1.82, 2.24) is 48.8 Å². The molecule has 0 aliphatic carbocycles. The Balaban J connectivity index is 0.000000228. The van der Waals surface area contributed by atoms with Gasteiger partial charge in [-0.1, -0.05) is 0 Å². The Morgan fingerprint density at radius 3 is 1.37 bits per heavy atom. The molecule has 0 bridgehead atoms. The monoisotopic (exact) mass is 1080 g/mol. The molecule has 0 saturated carbocycles. The number of carbonyl (C=O) groups excluding carboxylic acids is 2. The minimum Gasteiger partial charge on any atom is -0.491 e. The molecule has 0 fully saturated rings. The molecule has 0 atom stereocenters. The summed E-state index contributed by atoms with van der Waals surface area (Å²) in [6.45, 7) is 6.73. The molecule has 2 N–H and O–H groups in total. The first-order chi connectivity index (χ1) is 28.7. The van der Waals surface area contributed by atoms with E-state index in [-0.39, 0.29) is 11.8 Å². The van der Waals surface area contributed by atoms with E-state index in [0.29, 0.717) is 50.4 Å². The van der Waals surface area contributed by atoms with Gasteiger partial charge in [0.05, 0.1) is 56.4 Å². The molecule has 16 nitrogen and oxygen atoms in total. The van der Waals surface area contributed by atoms with Crippen LogP contribution in [0.3, 0.4) is 0 Å². The first-order valence-electron chi connectivity index (χ1n) is 19.1. The number of fused-ring (bicyclic) bond motifs is 2. The molecule has 2 aromatic carbocycles. The lowest BCUT2D eigenvalue weighted by Crippen LogP contribution is -2.26. The first-order valence-corrected chi connectivity index (χ1v) is 22.3. The van der Waals surface area contributed by atoms with E-state index in [1.165, 1.54) is 0 Å². The van der Waals surface area contributed by atoms with Crippen molar-refractivity contribution in [3.05, 3.63) is 89.6 Å². The molecule has 6 aromatic rings. The fourth-order valence-corrected chi connectivity index (χ4v) is 8.76. The molecule has 320 valence electrons. The first kappa shape index (κ1) is 46.7. The second kappa shape index (κ2) is 22.4. The lowest BCUT2D eigenvalue weighted by molar-refractivity contribution is -0.128. The summed E-state index contributed by atoms with van der Waals surface area (Å²) in [4.78, 5) is 58.7. The van der Waals surface area contributed by atoms with Crippen molar-refractivity contribution in [2.45, 2.75) is 39.5 Å². The van der Waals surface area contributed by atoms with Crippen LogP contribution < -0.4 is 20.4 Å². The highest BCUT2D eigenvalue weighted by molar-refractivity contribution is 9.11. The number of amides is 2. The van der Waals surface area contributed by atoms with Crippen molar-refractivity contribution >= 4 is 97.9 Å². The molecule has 0 spiro atoms. The maximum atomic E-state index is 11.4. The van der Waals surface area contributed by atoms with Crippen LogP contribution in [0.1, 0.15) is 37.8 Å². The highest BCUT2D eigenvalue weighted by Crippen LogP contribution is 2.36. The van der Waals surface area contributed by atoms with Gasteiger partial charge in [0.1, 0.15) is 22.5 Å². The average molecular weight is 1080 g/mol. The van der Waals surface area contributed by atoms with Crippen LogP contribution >= 0.6 is 63.7 Å². The number of H-pyrrole nitrogens is 2. The van der Waals surface area contributed by atoms with Gasteiger partial charge in [0.2, 0.25) is 11.8 Å². The Morgan fingerprint density at radius 1 is 0.650 bits per heavy atom. The number of hydrogen-bond acceptors (Lipinski definition) is 10. The number of nitrogens with zero attached hydrogens (tertiary/aromatic N) is 10. The van der Waals surface area contributed by atoms with E-state index in [9.17, 15) is 9.59 Å². The number of aromatic amines is 2. The van der Waals surface area contributed by atoms with E-state index in [4.69, 9.17) is 9.47 Å². The second-order valence-corrected chi connectivity index (χ2v) is 17.3. The number of nitrogens with one attached hydrogen (secondary N) is 2. The molecule has 2 amide bonds. The van der Waals surface area contributed by atoms with Gasteiger partial charge in [-0.05, 0) is 112 Å². The van der Waals surface area contributed by atoms with Gasteiger partial charge in [-0.2, -0.15) is 0 Å². The highest BCUT2D eigenvalue weighted by Gasteiger charge is 2.13. The van der Waals surface area contributed by atoms with Gasteiger partial charge >= 0.3 is 0 Å². The summed E-state index contributed by atoms with van der Waals surface area (Å²) >= 11 is 14.3. The molecule has 4 heterocycles. The number of aromatic nitrogens is 8. The maximum absolute atomic E-state index is 11.4. The van der Waals surface area contributed by atoms with Crippen LogP contribution in [0.2, 0.25) is 0 Å². The predicted octanol–water partition coefficient (Wildman–Crippen LogP) is 6.42. The summed E-state index contributed by atoms with van der Waals surface area (Å²) in [6.07, 6.45) is 9.76. The molecule has 6 rings (SSSR count). The summed E-state index contributed by atoms with van der Waals surface area (Å²) < 4.78 is 19.1. The van der Waals surface area contributed by atoms with Gasteiger partial charge in [0.15, 0.2) is 22.3 Å². The van der Waals surface area contributed by atoms with Gasteiger partial charge in [0, 0.05) is 81.1 Å². The van der Waals surface area contributed by atoms with E-state index < -0.39 is 0 Å². The van der Waals surface area contributed by atoms with Gasteiger partial charge in [-0.3, -0.25) is 19.6 Å². The zero-order chi connectivity index (χ0) is 43.3. The van der Waals surface area contributed by atoms with Crippen LogP contribution in [-0.4, -0.2) is 114 Å². The fraction of sp³-hybridized carbons (Fsp3) is 0.400. The number of ether oxygens (including phenoxy) is 2. The van der Waals surface area contributed by atoms with Crippen molar-refractivity contribution in [2.24, 2.45) is 24.1 Å². The Morgan fingerprint density at radius 2 is 1.02 bits per heavy atom. The van der Waals surface area contributed by atoms with Crippen LogP contribution in [0, 0.1) is 0 Å². The minimum absolute atomic E-state index is 0.0614. The van der Waals surface area contributed by atoms with Crippen molar-refractivity contribution < 1.29 is 19.1 Å². The third-order valence-corrected chi connectivity index (χ3v) is 11.7. The number of hydrogen-bond donors (Lipinski definition) is 2. The van der Waals surface area contributed by atoms with Gasteiger partial charge in [-0.15, -0.1) is 0 Å². The SMILES string of the molecule is CC(=O)N(C)CCc1cc(Br)c(OCCCN=c2ncn(C)c3nc[nH]c23)c(Br)c1.CC(=O)N(C)CCc1cc(Br)c(OCCCN=c2ncn(C)c3nc[nH]c23)c(Br)c1. The van der Waals surface area contributed by atoms with E-state index in [2.05, 4.69) is 104 Å². The molecule has 0 radical (unpaired) electrons. The van der Waals surface area contributed by atoms with Crippen molar-refractivity contribution in [1.29, 1.82) is 0 Å². The van der Waals surface area contributed by atoms with Crippen LogP contribution in [-0.2, 0) is 36.5 Å². The maximum Gasteiger partial charge on any atom is 0.219 e. The number of aryl methyl sites for hydroxylation is 2. The summed E-state index contributed by atoms with van der Waals surface area (Å²) in [5.74, 6) is 1.65. The van der Waals surface area contributed by atoms with Crippen LogP contribution in [0.4, 0.5) is 0 Å². The van der Waals surface area contributed by atoms with E-state index >= 15 is 0 Å². The molecular formula is C40H48Br4N12O4. The quantitative estimate of drug-likeness (QED) is 0.104. The number of likely N-dealkylation sites (N-methyl/N-ethyl adjacent to an activating group) is 2. The van der Waals surface area contributed by atoms with Crippen LogP contribution in [0.5, 0.6) is 11.5 Å². The van der Waals surface area contributed by atoms with Crippen LogP contribution in [0.25, 0.3) is 22.3 Å². The summed E-state index contributed by atoms with van der Waals surface area (Å²) in [7, 11) is 7.40. The third kappa shape index (κ3) is 12.8. The smallest absolute Gasteiger partial charge is 0.219 e. The molecule has 0 saturated heterocycles. The summed E-state index contributed by atoms with van der Waals surface area (Å²) in [5, 5.41) is 0. The number of benzene rings is 2. The Bertz CT molecular complexity index is 2350. The summed E-state index contributed by atoms with van der Waals surface area (Å²) in [5.41, 5.74) is 6.86. The number of halogens is 4. The van der Waals surface area contributed by atoms with E-state index in [1.807, 2.05) is 47.5 Å². The Hall–Kier alpha value is -4.40. The van der Waals surface area contributed by atoms with Crippen molar-refractivity contribution in [2.75, 3.05) is 53.5 Å². The molecule has 0 aliphatic rings. The lowest BCUT2D eigenvalue weighted by atomic mass is 10.1. The van der Waals surface area contributed by atoms with Crippen LogP contribution in [0.15, 0.2) is 77.5 Å². The zero-order valence-corrected chi connectivity index (χ0v) is 40.7. The van der Waals surface area contributed by atoms with Gasteiger partial charge in [-0.25, -0.2) is 19.9 Å². The molecule has 4 aromatic heterocycles. The fourth-order valence-electron chi connectivity index (χ4n) is 5.74. The Labute approximate surface area is 381 Å². The van der Waals surface area contributed by atoms with Crippen molar-refractivity contribution in [3.8, 4) is 11.5 Å². The minimum atomic E-state index is 0.0614. The molecule has 20 heteroatoms. The third-order valence-electron chi connectivity index (χ3n) is 9.34. The van der Waals surface area contributed by atoms with E-state index in [0.717, 1.165) is 88.5 Å². The molecule has 0 aliphatic heterocycles. The van der Waals surface area contributed by atoms with Gasteiger partial charge in [0.25, 0.3) is 0 Å². The topological polar surface area (TPSA) is 177 Å². The second-order valence-electron chi connectivity index (χ2n) is 13.9. The van der Waals surface area contributed by atoms with E-state index in [1.54, 1.807) is 63.1 Å². The zero-order valence-electron chi connectivity index (χ0n) is 34.3. The predicted molar refractivity (Wildman–Crippen MR) is 245 cm³/mol. The summed E-state index contributed by atoms with van der Waals surface area (Å²) in [6, 6.07) is 8.12. The molecular weight excluding hydrogens is 1030 g/mol. The van der Waals surface area contributed by atoms with Crippen molar-refractivity contribution in [3.63, 3.8) is 0 Å².